The van der Waals surface area contributed by atoms with E-state index in [9.17, 15) is 9.59 Å². The molecule has 1 N–H and O–H groups in total. The summed E-state index contributed by atoms with van der Waals surface area (Å²) in [6.07, 6.45) is 2.31. The molecule has 0 aromatic carbocycles. The first-order valence-corrected chi connectivity index (χ1v) is 5.75. The van der Waals surface area contributed by atoms with Crippen LogP contribution in [0.4, 0.5) is 0 Å². The zero-order valence-corrected chi connectivity index (χ0v) is 9.65. The number of hydrogen-bond donors (Lipinski definition) is 1. The highest BCUT2D eigenvalue weighted by Gasteiger charge is 2.31. The lowest BCUT2D eigenvalue weighted by atomic mass is 10.2. The van der Waals surface area contributed by atoms with E-state index in [1.807, 2.05) is 0 Å². The second-order valence-electron chi connectivity index (χ2n) is 3.85. The van der Waals surface area contributed by atoms with Crippen molar-refractivity contribution in [2.24, 2.45) is 0 Å². The molecule has 0 aliphatic heterocycles. The van der Waals surface area contributed by atoms with Gasteiger partial charge in [-0.05, 0) is 19.8 Å². The molecule has 0 aromatic rings. The summed E-state index contributed by atoms with van der Waals surface area (Å²) < 4.78 is 4.75. The minimum Gasteiger partial charge on any atom is -0.466 e. The van der Waals surface area contributed by atoms with E-state index < -0.39 is 0 Å². The molecule has 1 amide bonds. The second kappa shape index (κ2) is 6.48. The Hall–Kier alpha value is -1.10. The molecule has 1 aliphatic carbocycles. The Morgan fingerprint density at radius 1 is 1.38 bits per heavy atom. The average molecular weight is 229 g/mol. The summed E-state index contributed by atoms with van der Waals surface area (Å²) >= 11 is 0. The highest BCUT2D eigenvalue weighted by molar-refractivity contribution is 5.81. The molecular formula is C11H19NO4. The third-order valence-electron chi connectivity index (χ3n) is 2.50. The summed E-state index contributed by atoms with van der Waals surface area (Å²) in [6, 6.07) is 0.279. The van der Waals surface area contributed by atoms with Crippen LogP contribution in [0, 0.1) is 0 Å². The molecule has 16 heavy (non-hydrogen) atoms. The van der Waals surface area contributed by atoms with Gasteiger partial charge in [0.15, 0.2) is 0 Å². The van der Waals surface area contributed by atoms with Crippen molar-refractivity contribution in [2.45, 2.75) is 38.6 Å². The Balaban J connectivity index is 2.28. The molecule has 0 aromatic heterocycles. The van der Waals surface area contributed by atoms with Crippen LogP contribution < -0.4 is 0 Å². The van der Waals surface area contributed by atoms with Crippen LogP contribution in [0.15, 0.2) is 0 Å². The van der Waals surface area contributed by atoms with Gasteiger partial charge in [0, 0.05) is 19.0 Å². The predicted octanol–water partition coefficient (Wildman–Crippen LogP) is 0.313. The van der Waals surface area contributed by atoms with E-state index in [-0.39, 0.29) is 37.4 Å². The minimum atomic E-state index is -0.337. The normalized spacial score (nSPS) is 14.6. The molecule has 1 saturated carbocycles. The Morgan fingerprint density at radius 3 is 2.56 bits per heavy atom. The Morgan fingerprint density at radius 2 is 2.06 bits per heavy atom. The maximum atomic E-state index is 11.7. The molecule has 0 atom stereocenters. The van der Waals surface area contributed by atoms with Crippen LogP contribution in [0.2, 0.25) is 0 Å². The summed E-state index contributed by atoms with van der Waals surface area (Å²) in [5, 5.41) is 8.84. The van der Waals surface area contributed by atoms with Gasteiger partial charge in [-0.1, -0.05) is 0 Å². The molecule has 1 aliphatic rings. The fraction of sp³-hybridized carbons (Fsp3) is 0.818. The molecular weight excluding hydrogens is 210 g/mol. The highest BCUT2D eigenvalue weighted by Crippen LogP contribution is 2.27. The number of hydrogen-bond acceptors (Lipinski definition) is 4. The van der Waals surface area contributed by atoms with Crippen LogP contribution in [-0.4, -0.2) is 47.7 Å². The van der Waals surface area contributed by atoms with E-state index in [4.69, 9.17) is 9.84 Å². The van der Waals surface area contributed by atoms with Gasteiger partial charge >= 0.3 is 5.97 Å². The largest absolute Gasteiger partial charge is 0.466 e. The topological polar surface area (TPSA) is 66.8 Å². The average Bonchev–Trinajstić information content (AvgIpc) is 3.07. The molecule has 0 spiro atoms. The summed E-state index contributed by atoms with van der Waals surface area (Å²) in [6.45, 7) is 2.42. The predicted molar refractivity (Wildman–Crippen MR) is 57.7 cm³/mol. The minimum absolute atomic E-state index is 0.0261. The fourth-order valence-corrected chi connectivity index (χ4v) is 1.59. The molecule has 0 radical (unpaired) electrons. The maximum absolute atomic E-state index is 11.7. The van der Waals surface area contributed by atoms with Crippen LogP contribution in [0.1, 0.15) is 32.6 Å². The molecule has 1 rings (SSSR count). The van der Waals surface area contributed by atoms with Crippen LogP contribution in [0.25, 0.3) is 0 Å². The van der Waals surface area contributed by atoms with Crippen LogP contribution in [0.5, 0.6) is 0 Å². The lowest BCUT2D eigenvalue weighted by Crippen LogP contribution is -2.35. The number of carbonyl (C=O) groups excluding carboxylic acids is 2. The number of aliphatic hydroxyl groups excluding tert-OH is 1. The fourth-order valence-electron chi connectivity index (χ4n) is 1.59. The number of esters is 1. The van der Waals surface area contributed by atoms with Gasteiger partial charge in [0.25, 0.3) is 0 Å². The number of rotatable bonds is 7. The summed E-state index contributed by atoms with van der Waals surface area (Å²) in [5.74, 6) is -0.403. The number of nitrogens with zero attached hydrogens (tertiary/aromatic N) is 1. The Bertz CT molecular complexity index is 250. The van der Waals surface area contributed by atoms with Gasteiger partial charge in [0.2, 0.25) is 5.91 Å². The maximum Gasteiger partial charge on any atom is 0.306 e. The van der Waals surface area contributed by atoms with Gasteiger partial charge in [0.05, 0.1) is 19.6 Å². The van der Waals surface area contributed by atoms with E-state index >= 15 is 0 Å². The number of aliphatic hydroxyl groups is 1. The first-order chi connectivity index (χ1) is 7.69. The third-order valence-corrected chi connectivity index (χ3v) is 2.50. The van der Waals surface area contributed by atoms with Crippen LogP contribution in [0.3, 0.4) is 0 Å². The third kappa shape index (κ3) is 4.18. The van der Waals surface area contributed by atoms with E-state index in [0.29, 0.717) is 13.2 Å². The zero-order chi connectivity index (χ0) is 12.0. The van der Waals surface area contributed by atoms with Gasteiger partial charge in [-0.25, -0.2) is 0 Å². The first-order valence-electron chi connectivity index (χ1n) is 5.75. The second-order valence-corrected chi connectivity index (χ2v) is 3.85. The van der Waals surface area contributed by atoms with Crippen molar-refractivity contribution in [3.8, 4) is 0 Å². The summed E-state index contributed by atoms with van der Waals surface area (Å²) in [5.41, 5.74) is 0. The van der Waals surface area contributed by atoms with E-state index in [1.165, 1.54) is 0 Å². The lowest BCUT2D eigenvalue weighted by Gasteiger charge is -2.20. The van der Waals surface area contributed by atoms with Crippen molar-refractivity contribution in [3.63, 3.8) is 0 Å². The van der Waals surface area contributed by atoms with Crippen molar-refractivity contribution >= 4 is 11.9 Å². The lowest BCUT2D eigenvalue weighted by molar-refractivity contribution is -0.145. The smallest absolute Gasteiger partial charge is 0.306 e. The molecule has 5 heteroatoms. The number of carbonyl (C=O) groups is 2. The van der Waals surface area contributed by atoms with Gasteiger partial charge < -0.3 is 14.7 Å². The molecule has 5 nitrogen and oxygen atoms in total. The van der Waals surface area contributed by atoms with Crippen molar-refractivity contribution in [1.29, 1.82) is 0 Å². The van der Waals surface area contributed by atoms with Crippen LogP contribution >= 0.6 is 0 Å². The molecule has 92 valence electrons. The quantitative estimate of drug-likeness (QED) is 0.638. The van der Waals surface area contributed by atoms with Crippen molar-refractivity contribution in [2.75, 3.05) is 19.8 Å². The SMILES string of the molecule is CCOC(=O)CCC(=O)N(CCO)C1CC1. The van der Waals surface area contributed by atoms with E-state index in [1.54, 1.807) is 11.8 Å². The van der Waals surface area contributed by atoms with Crippen LogP contribution in [-0.2, 0) is 14.3 Å². The molecule has 0 saturated heterocycles. The van der Waals surface area contributed by atoms with Gasteiger partial charge in [-0.3, -0.25) is 9.59 Å². The summed E-state index contributed by atoms with van der Waals surface area (Å²) in [4.78, 5) is 24.5. The Labute approximate surface area is 95.4 Å². The molecule has 0 heterocycles. The first kappa shape index (κ1) is 13.0. The standard InChI is InChI=1S/C11H19NO4/c1-2-16-11(15)6-5-10(14)12(7-8-13)9-3-4-9/h9,13H,2-8H2,1H3. The molecule has 1 fully saturated rings. The van der Waals surface area contributed by atoms with Crippen molar-refractivity contribution < 1.29 is 19.4 Å². The number of amides is 1. The summed E-state index contributed by atoms with van der Waals surface area (Å²) in [7, 11) is 0. The highest BCUT2D eigenvalue weighted by atomic mass is 16.5. The molecule has 0 unspecified atom stereocenters. The molecule has 0 bridgehead atoms. The number of ether oxygens (including phenoxy) is 1. The van der Waals surface area contributed by atoms with Gasteiger partial charge in [-0.15, -0.1) is 0 Å². The van der Waals surface area contributed by atoms with Gasteiger partial charge in [0.1, 0.15) is 0 Å². The van der Waals surface area contributed by atoms with Gasteiger partial charge in [-0.2, -0.15) is 0 Å². The zero-order valence-electron chi connectivity index (χ0n) is 9.65. The van der Waals surface area contributed by atoms with Crippen molar-refractivity contribution in [3.05, 3.63) is 0 Å². The van der Waals surface area contributed by atoms with E-state index in [2.05, 4.69) is 0 Å². The van der Waals surface area contributed by atoms with E-state index in [0.717, 1.165) is 12.8 Å². The monoisotopic (exact) mass is 229 g/mol. The Kier molecular flexibility index (Phi) is 5.25. The van der Waals surface area contributed by atoms with Crippen molar-refractivity contribution in [1.82, 2.24) is 4.90 Å².